The molecule has 0 bridgehead atoms. The van der Waals surface area contributed by atoms with Crippen LogP contribution in [0.4, 0.5) is 0 Å². The number of ether oxygens (including phenoxy) is 1. The van der Waals surface area contributed by atoms with E-state index in [2.05, 4.69) is 5.32 Å². The third kappa shape index (κ3) is 9.07. The molecule has 1 aliphatic rings. The second-order valence-electron chi connectivity index (χ2n) is 9.94. The fourth-order valence-electron chi connectivity index (χ4n) is 4.80. The zero-order valence-electron chi connectivity index (χ0n) is 22.1. The first-order valence-corrected chi connectivity index (χ1v) is 13.6. The molecule has 7 nitrogen and oxygen atoms in total. The second-order valence-corrected chi connectivity index (χ2v) is 9.94. The standard InChI is InChI=1S/C32H36N2O5/c35-24-34(38-23-27-16-8-3-9-17-27)22-28(20-25-12-4-1-5-13-25)31(36)33-30(21-26-14-6-2-7-15-26)32(37)39-29-18-10-11-19-29/h1-9,12-17,24,28-30H,10-11,18-23H2,(H,33,36). The number of amides is 2. The van der Waals surface area contributed by atoms with Gasteiger partial charge in [0.05, 0.1) is 12.5 Å². The molecule has 0 aliphatic heterocycles. The van der Waals surface area contributed by atoms with Crippen molar-refractivity contribution in [3.63, 3.8) is 0 Å². The first kappa shape index (κ1) is 28.0. The summed E-state index contributed by atoms with van der Waals surface area (Å²) in [5, 5.41) is 4.11. The summed E-state index contributed by atoms with van der Waals surface area (Å²) in [5.74, 6) is -1.41. The highest BCUT2D eigenvalue weighted by molar-refractivity contribution is 5.86. The first-order chi connectivity index (χ1) is 19.1. The van der Waals surface area contributed by atoms with Crippen molar-refractivity contribution in [2.75, 3.05) is 6.54 Å². The van der Waals surface area contributed by atoms with Gasteiger partial charge in [0, 0.05) is 6.42 Å². The van der Waals surface area contributed by atoms with Crippen LogP contribution in [0.25, 0.3) is 0 Å². The van der Waals surface area contributed by atoms with Crippen LogP contribution in [0.5, 0.6) is 0 Å². The Morgan fingerprint density at radius 3 is 1.92 bits per heavy atom. The molecule has 2 unspecified atom stereocenters. The molecule has 39 heavy (non-hydrogen) atoms. The Labute approximate surface area is 230 Å². The largest absolute Gasteiger partial charge is 0.461 e. The van der Waals surface area contributed by atoms with E-state index >= 15 is 0 Å². The van der Waals surface area contributed by atoms with Crippen molar-refractivity contribution in [2.24, 2.45) is 5.92 Å². The quantitative estimate of drug-likeness (QED) is 0.187. The lowest BCUT2D eigenvalue weighted by molar-refractivity contribution is -0.182. The van der Waals surface area contributed by atoms with Crippen LogP contribution in [-0.4, -0.2) is 42.0 Å². The van der Waals surface area contributed by atoms with Crippen molar-refractivity contribution in [1.29, 1.82) is 0 Å². The normalized spacial score (nSPS) is 14.8. The highest BCUT2D eigenvalue weighted by Crippen LogP contribution is 2.22. The summed E-state index contributed by atoms with van der Waals surface area (Å²) in [6.45, 7) is 0.233. The van der Waals surface area contributed by atoms with Crippen LogP contribution >= 0.6 is 0 Å². The topological polar surface area (TPSA) is 84.9 Å². The molecule has 3 aromatic carbocycles. The smallest absolute Gasteiger partial charge is 0.329 e. The van der Waals surface area contributed by atoms with Gasteiger partial charge in [-0.25, -0.2) is 9.86 Å². The van der Waals surface area contributed by atoms with E-state index in [9.17, 15) is 14.4 Å². The number of benzene rings is 3. The van der Waals surface area contributed by atoms with E-state index in [-0.39, 0.29) is 25.2 Å². The molecule has 0 saturated heterocycles. The van der Waals surface area contributed by atoms with E-state index in [1.807, 2.05) is 91.0 Å². The minimum absolute atomic E-state index is 0.0345. The zero-order chi connectivity index (χ0) is 27.3. The van der Waals surface area contributed by atoms with Gasteiger partial charge in [0.2, 0.25) is 12.3 Å². The molecule has 2 atom stereocenters. The minimum atomic E-state index is -0.839. The summed E-state index contributed by atoms with van der Waals surface area (Å²) in [6.07, 6.45) is 4.95. The predicted molar refractivity (Wildman–Crippen MR) is 148 cm³/mol. The van der Waals surface area contributed by atoms with Crippen LogP contribution in [0, 0.1) is 5.92 Å². The summed E-state index contributed by atoms with van der Waals surface area (Å²) in [5.41, 5.74) is 2.78. The number of hydrogen-bond acceptors (Lipinski definition) is 5. The van der Waals surface area contributed by atoms with Crippen molar-refractivity contribution in [3.8, 4) is 0 Å². The van der Waals surface area contributed by atoms with Crippen LogP contribution in [0.2, 0.25) is 0 Å². The number of rotatable bonds is 14. The number of nitrogens with one attached hydrogen (secondary N) is 1. The number of hydrogen-bond donors (Lipinski definition) is 1. The summed E-state index contributed by atoms with van der Waals surface area (Å²) >= 11 is 0. The van der Waals surface area contributed by atoms with Gasteiger partial charge in [-0.15, -0.1) is 0 Å². The average molecular weight is 529 g/mol. The van der Waals surface area contributed by atoms with E-state index in [4.69, 9.17) is 9.57 Å². The van der Waals surface area contributed by atoms with E-state index in [1.165, 1.54) is 0 Å². The molecule has 7 heteroatoms. The molecular formula is C32H36N2O5. The van der Waals surface area contributed by atoms with Gasteiger partial charge in [-0.1, -0.05) is 91.0 Å². The third-order valence-corrected chi connectivity index (χ3v) is 6.92. The summed E-state index contributed by atoms with van der Waals surface area (Å²) in [7, 11) is 0. The van der Waals surface area contributed by atoms with E-state index in [0.29, 0.717) is 19.3 Å². The van der Waals surface area contributed by atoms with E-state index < -0.39 is 17.9 Å². The molecule has 1 N–H and O–H groups in total. The lowest BCUT2D eigenvalue weighted by Crippen LogP contribution is -2.48. The Hall–Kier alpha value is -3.97. The number of nitrogens with zero attached hydrogens (tertiary/aromatic N) is 1. The Kier molecular flexibility index (Phi) is 10.7. The minimum Gasteiger partial charge on any atom is -0.461 e. The Bertz CT molecular complexity index is 1170. The molecule has 0 radical (unpaired) electrons. The molecule has 2 amide bonds. The lowest BCUT2D eigenvalue weighted by atomic mass is 9.97. The molecule has 0 heterocycles. The summed E-state index contributed by atoms with van der Waals surface area (Å²) in [6, 6.07) is 27.8. The lowest BCUT2D eigenvalue weighted by Gasteiger charge is -2.26. The molecule has 1 saturated carbocycles. The summed E-state index contributed by atoms with van der Waals surface area (Å²) < 4.78 is 5.79. The predicted octanol–water partition coefficient (Wildman–Crippen LogP) is 4.65. The van der Waals surface area contributed by atoms with Gasteiger partial charge in [-0.05, 0) is 48.8 Å². The van der Waals surface area contributed by atoms with Gasteiger partial charge in [-0.3, -0.25) is 14.4 Å². The molecule has 0 aromatic heterocycles. The van der Waals surface area contributed by atoms with Gasteiger partial charge in [0.25, 0.3) is 0 Å². The molecule has 3 aromatic rings. The zero-order valence-corrected chi connectivity index (χ0v) is 22.1. The molecule has 1 fully saturated rings. The van der Waals surface area contributed by atoms with Crippen LogP contribution < -0.4 is 5.32 Å². The molecule has 0 spiro atoms. The van der Waals surface area contributed by atoms with Crippen molar-refractivity contribution < 1.29 is 24.0 Å². The van der Waals surface area contributed by atoms with Crippen molar-refractivity contribution >= 4 is 18.3 Å². The van der Waals surface area contributed by atoms with Gasteiger partial charge >= 0.3 is 5.97 Å². The molecular weight excluding hydrogens is 492 g/mol. The maximum atomic E-state index is 13.7. The van der Waals surface area contributed by atoms with Gasteiger partial charge < -0.3 is 10.1 Å². The Balaban J connectivity index is 1.48. The highest BCUT2D eigenvalue weighted by Gasteiger charge is 2.30. The number of esters is 1. The SMILES string of the molecule is O=CN(CC(Cc1ccccc1)C(=O)NC(Cc1ccccc1)C(=O)OC1CCCC1)OCc1ccccc1. The second kappa shape index (κ2) is 14.8. The molecule has 1 aliphatic carbocycles. The fourth-order valence-corrected chi connectivity index (χ4v) is 4.80. The number of carbonyl (C=O) groups excluding carboxylic acids is 3. The number of hydroxylamine groups is 2. The van der Waals surface area contributed by atoms with Crippen molar-refractivity contribution in [1.82, 2.24) is 10.4 Å². The van der Waals surface area contributed by atoms with Crippen LogP contribution in [0.15, 0.2) is 91.0 Å². The van der Waals surface area contributed by atoms with Crippen LogP contribution in [0.3, 0.4) is 0 Å². The fraction of sp³-hybridized carbons (Fsp3) is 0.344. The number of carbonyl (C=O) groups is 3. The maximum Gasteiger partial charge on any atom is 0.329 e. The maximum absolute atomic E-state index is 13.7. The van der Waals surface area contributed by atoms with Crippen molar-refractivity contribution in [2.45, 2.75) is 57.3 Å². The Morgan fingerprint density at radius 1 is 0.821 bits per heavy atom. The van der Waals surface area contributed by atoms with Crippen LogP contribution in [0.1, 0.15) is 42.4 Å². The monoisotopic (exact) mass is 528 g/mol. The van der Waals surface area contributed by atoms with Gasteiger partial charge in [0.1, 0.15) is 18.8 Å². The van der Waals surface area contributed by atoms with Crippen molar-refractivity contribution in [3.05, 3.63) is 108 Å². The van der Waals surface area contributed by atoms with E-state index in [1.54, 1.807) is 0 Å². The summed E-state index contributed by atoms with van der Waals surface area (Å²) in [4.78, 5) is 44.6. The Morgan fingerprint density at radius 2 is 1.36 bits per heavy atom. The average Bonchev–Trinajstić information content (AvgIpc) is 3.49. The van der Waals surface area contributed by atoms with Gasteiger partial charge in [0.15, 0.2) is 0 Å². The first-order valence-electron chi connectivity index (χ1n) is 13.6. The highest BCUT2D eigenvalue weighted by atomic mass is 16.7. The van der Waals surface area contributed by atoms with Gasteiger partial charge in [-0.2, -0.15) is 0 Å². The third-order valence-electron chi connectivity index (χ3n) is 6.92. The molecule has 4 rings (SSSR count). The molecule has 204 valence electrons. The van der Waals surface area contributed by atoms with E-state index in [0.717, 1.165) is 47.4 Å². The van der Waals surface area contributed by atoms with Crippen LogP contribution in [-0.2, 0) is 43.4 Å².